The van der Waals surface area contributed by atoms with Crippen molar-refractivity contribution in [2.24, 2.45) is 0 Å². The smallest absolute Gasteiger partial charge is 0.202 e. The fourth-order valence-electron chi connectivity index (χ4n) is 3.28. The molecule has 0 unspecified atom stereocenters. The number of oxazole rings is 1. The molecule has 2 heterocycles. The number of carbonyl (C=O) groups is 2. The summed E-state index contributed by atoms with van der Waals surface area (Å²) in [5, 5.41) is 0.920. The van der Waals surface area contributed by atoms with Crippen LogP contribution in [0.3, 0.4) is 0 Å². The highest BCUT2D eigenvalue weighted by Crippen LogP contribution is 2.26. The molecule has 0 amide bonds. The van der Waals surface area contributed by atoms with Crippen LogP contribution in [-0.2, 0) is 22.4 Å². The van der Waals surface area contributed by atoms with Crippen molar-refractivity contribution in [3.63, 3.8) is 0 Å². The number of thiazole rings is 1. The predicted octanol–water partition coefficient (Wildman–Crippen LogP) is 6.63. The van der Waals surface area contributed by atoms with Crippen LogP contribution in [0.5, 0.6) is 0 Å². The lowest BCUT2D eigenvalue weighted by Gasteiger charge is -2.03. The van der Waals surface area contributed by atoms with Gasteiger partial charge in [0.25, 0.3) is 0 Å². The molecule has 168 valence electrons. The Balaban J connectivity index is 0.000000181. The standard InChI is InChI=1S/C13H15NO2.C13H15NOS/c2*1-8(2)10-4-5-12-11(7-10)14-13(16-12)6-9(3)15/h2*4-5,7-8H,6H2,1-3H3. The lowest BCUT2D eigenvalue weighted by Crippen LogP contribution is -1.95. The molecule has 0 N–H and O–H groups in total. The van der Waals surface area contributed by atoms with Gasteiger partial charge in [0.1, 0.15) is 22.1 Å². The van der Waals surface area contributed by atoms with Gasteiger partial charge in [-0.25, -0.2) is 9.97 Å². The summed E-state index contributed by atoms with van der Waals surface area (Å²) in [5.41, 5.74) is 5.14. The van der Waals surface area contributed by atoms with Gasteiger partial charge >= 0.3 is 0 Å². The van der Waals surface area contributed by atoms with Crippen LogP contribution in [0.15, 0.2) is 40.8 Å². The van der Waals surface area contributed by atoms with Crippen molar-refractivity contribution in [3.05, 3.63) is 58.4 Å². The molecule has 4 aromatic rings. The van der Waals surface area contributed by atoms with Crippen LogP contribution >= 0.6 is 11.3 Å². The predicted molar refractivity (Wildman–Crippen MR) is 131 cm³/mol. The number of rotatable bonds is 6. The summed E-state index contributed by atoms with van der Waals surface area (Å²) < 4.78 is 6.65. The second kappa shape index (κ2) is 10.2. The van der Waals surface area contributed by atoms with E-state index >= 15 is 0 Å². The molecule has 0 saturated carbocycles. The Morgan fingerprint density at radius 2 is 1.44 bits per heavy atom. The van der Waals surface area contributed by atoms with E-state index in [4.69, 9.17) is 4.42 Å². The van der Waals surface area contributed by atoms with E-state index in [1.54, 1.807) is 18.3 Å². The average Bonchev–Trinajstić information content (AvgIpc) is 3.28. The highest BCUT2D eigenvalue weighted by Gasteiger charge is 2.10. The first-order valence-corrected chi connectivity index (χ1v) is 11.7. The van der Waals surface area contributed by atoms with E-state index in [2.05, 4.69) is 55.9 Å². The SMILES string of the molecule is CC(=O)Cc1nc2cc(C(C)C)ccc2o1.CC(=O)Cc1nc2cc(C(C)C)ccc2s1. The van der Waals surface area contributed by atoms with E-state index in [1.807, 2.05) is 18.2 Å². The maximum atomic E-state index is 11.0. The van der Waals surface area contributed by atoms with Crippen molar-refractivity contribution in [2.45, 2.75) is 66.2 Å². The zero-order valence-corrected chi connectivity index (χ0v) is 20.4. The Morgan fingerprint density at radius 3 is 2.03 bits per heavy atom. The minimum absolute atomic E-state index is 0.0654. The van der Waals surface area contributed by atoms with Crippen molar-refractivity contribution in [1.82, 2.24) is 9.97 Å². The lowest BCUT2D eigenvalue weighted by molar-refractivity contribution is -0.117. The van der Waals surface area contributed by atoms with Crippen molar-refractivity contribution in [1.29, 1.82) is 0 Å². The molecule has 2 aromatic carbocycles. The molecule has 0 radical (unpaired) electrons. The molecule has 5 nitrogen and oxygen atoms in total. The molecule has 6 heteroatoms. The highest BCUT2D eigenvalue weighted by atomic mass is 32.1. The number of carbonyl (C=O) groups excluding carboxylic acids is 2. The summed E-state index contributed by atoms with van der Waals surface area (Å²) in [4.78, 5) is 30.8. The molecular formula is C26H30N2O3S. The fraction of sp³-hybridized carbons (Fsp3) is 0.385. The van der Waals surface area contributed by atoms with Gasteiger partial charge in [0.2, 0.25) is 5.89 Å². The number of hydrogen-bond acceptors (Lipinski definition) is 6. The summed E-state index contributed by atoms with van der Waals surface area (Å²) in [6, 6.07) is 12.3. The maximum absolute atomic E-state index is 11.0. The third-order valence-corrected chi connectivity index (χ3v) is 6.08. The number of ketones is 2. The van der Waals surface area contributed by atoms with Gasteiger partial charge in [-0.05, 0) is 61.1 Å². The zero-order chi connectivity index (χ0) is 23.4. The summed E-state index contributed by atoms with van der Waals surface area (Å²) >= 11 is 1.61. The Morgan fingerprint density at radius 1 is 0.844 bits per heavy atom. The zero-order valence-electron chi connectivity index (χ0n) is 19.6. The minimum Gasteiger partial charge on any atom is -0.440 e. The molecule has 2 aromatic heterocycles. The topological polar surface area (TPSA) is 73.1 Å². The third-order valence-electron chi connectivity index (χ3n) is 5.05. The molecular weight excluding hydrogens is 420 g/mol. The first-order chi connectivity index (χ1) is 15.1. The molecule has 4 rings (SSSR count). The summed E-state index contributed by atoms with van der Waals surface area (Å²) in [6.07, 6.45) is 0.724. The van der Waals surface area contributed by atoms with E-state index in [1.165, 1.54) is 22.8 Å². The van der Waals surface area contributed by atoms with E-state index in [0.29, 0.717) is 24.1 Å². The Bertz CT molecular complexity index is 1150. The summed E-state index contributed by atoms with van der Waals surface area (Å²) in [5.74, 6) is 1.72. The highest BCUT2D eigenvalue weighted by molar-refractivity contribution is 7.18. The first-order valence-electron chi connectivity index (χ1n) is 10.9. The van der Waals surface area contributed by atoms with Crippen LogP contribution in [0.1, 0.15) is 75.4 Å². The second-order valence-electron chi connectivity index (χ2n) is 8.74. The fourth-order valence-corrected chi connectivity index (χ4v) is 4.30. The molecule has 32 heavy (non-hydrogen) atoms. The number of Topliss-reactive ketones (excluding diaryl/α,β-unsaturated/α-hetero) is 2. The van der Waals surface area contributed by atoms with Gasteiger partial charge in [0.15, 0.2) is 5.58 Å². The van der Waals surface area contributed by atoms with Gasteiger partial charge in [-0.2, -0.15) is 0 Å². The van der Waals surface area contributed by atoms with E-state index in [0.717, 1.165) is 21.6 Å². The lowest BCUT2D eigenvalue weighted by atomic mass is 10.0. The van der Waals surface area contributed by atoms with Gasteiger partial charge in [-0.3, -0.25) is 9.59 Å². The van der Waals surface area contributed by atoms with Crippen molar-refractivity contribution >= 4 is 44.2 Å². The second-order valence-corrected chi connectivity index (χ2v) is 9.85. The number of nitrogens with zero attached hydrogens (tertiary/aromatic N) is 2. The molecule has 0 saturated heterocycles. The number of aromatic nitrogens is 2. The third kappa shape index (κ3) is 6.10. The van der Waals surface area contributed by atoms with Crippen LogP contribution in [0, 0.1) is 0 Å². The van der Waals surface area contributed by atoms with Crippen LogP contribution in [0.4, 0.5) is 0 Å². The number of fused-ring (bicyclic) bond motifs is 2. The van der Waals surface area contributed by atoms with Crippen molar-refractivity contribution < 1.29 is 14.0 Å². The molecule has 0 aliphatic carbocycles. The van der Waals surface area contributed by atoms with E-state index < -0.39 is 0 Å². The Labute approximate surface area is 192 Å². The van der Waals surface area contributed by atoms with Gasteiger partial charge in [0.05, 0.1) is 23.1 Å². The molecule has 0 spiro atoms. The van der Waals surface area contributed by atoms with E-state index in [-0.39, 0.29) is 18.0 Å². The first kappa shape index (κ1) is 23.8. The molecule has 0 bridgehead atoms. The minimum atomic E-state index is 0.0654. The van der Waals surface area contributed by atoms with Crippen LogP contribution in [-0.4, -0.2) is 21.5 Å². The monoisotopic (exact) mass is 450 g/mol. The summed E-state index contributed by atoms with van der Waals surface area (Å²) in [7, 11) is 0. The van der Waals surface area contributed by atoms with Gasteiger partial charge in [0, 0.05) is 0 Å². The molecule has 0 fully saturated rings. The number of benzene rings is 2. The molecule has 0 atom stereocenters. The largest absolute Gasteiger partial charge is 0.440 e. The Hall–Kier alpha value is -2.86. The molecule has 0 aliphatic rings. The Kier molecular flexibility index (Phi) is 7.56. The van der Waals surface area contributed by atoms with Crippen LogP contribution in [0.2, 0.25) is 0 Å². The van der Waals surface area contributed by atoms with Crippen molar-refractivity contribution in [3.8, 4) is 0 Å². The average molecular weight is 451 g/mol. The molecule has 0 aliphatic heterocycles. The van der Waals surface area contributed by atoms with E-state index in [9.17, 15) is 9.59 Å². The quantitative estimate of drug-likeness (QED) is 0.329. The summed E-state index contributed by atoms with van der Waals surface area (Å²) in [6.45, 7) is 11.8. The van der Waals surface area contributed by atoms with Gasteiger partial charge < -0.3 is 4.42 Å². The van der Waals surface area contributed by atoms with Gasteiger partial charge in [-0.1, -0.05) is 39.8 Å². The normalized spacial score (nSPS) is 11.2. The maximum Gasteiger partial charge on any atom is 0.202 e. The number of hydrogen-bond donors (Lipinski definition) is 0. The van der Waals surface area contributed by atoms with Gasteiger partial charge in [-0.15, -0.1) is 11.3 Å². The van der Waals surface area contributed by atoms with Crippen molar-refractivity contribution in [2.75, 3.05) is 0 Å². The van der Waals surface area contributed by atoms with Crippen LogP contribution < -0.4 is 0 Å². The van der Waals surface area contributed by atoms with Crippen LogP contribution in [0.25, 0.3) is 21.3 Å².